The van der Waals surface area contributed by atoms with E-state index in [4.69, 9.17) is 0 Å². The SMILES string of the molecule is CCCN1C(=O)CCC(C(=O)O)C1c1ccc(Br)s1. The van der Waals surface area contributed by atoms with E-state index in [2.05, 4.69) is 15.9 Å². The van der Waals surface area contributed by atoms with Crippen molar-refractivity contribution in [3.05, 3.63) is 20.8 Å². The van der Waals surface area contributed by atoms with Crippen molar-refractivity contribution in [3.8, 4) is 0 Å². The zero-order valence-corrected chi connectivity index (χ0v) is 13.0. The van der Waals surface area contributed by atoms with Gasteiger partial charge in [0.1, 0.15) is 0 Å². The van der Waals surface area contributed by atoms with Crippen LogP contribution in [0.4, 0.5) is 0 Å². The summed E-state index contributed by atoms with van der Waals surface area (Å²) >= 11 is 4.90. The molecule has 2 atom stereocenters. The van der Waals surface area contributed by atoms with Crippen LogP contribution in [0.2, 0.25) is 0 Å². The second kappa shape index (κ2) is 6.05. The first kappa shape index (κ1) is 14.5. The standard InChI is InChI=1S/C13H16BrNO3S/c1-2-7-15-11(16)6-3-8(13(17)18)12(15)9-4-5-10(14)19-9/h4-5,8,12H,2-3,6-7H2,1H3,(H,17,18). The minimum atomic E-state index is -0.817. The molecule has 1 aromatic heterocycles. The van der Waals surface area contributed by atoms with Crippen molar-refractivity contribution in [3.63, 3.8) is 0 Å². The van der Waals surface area contributed by atoms with Crippen molar-refractivity contribution < 1.29 is 14.7 Å². The first-order chi connectivity index (χ1) is 9.04. The Balaban J connectivity index is 2.37. The Morgan fingerprint density at radius 1 is 1.58 bits per heavy atom. The molecule has 1 aliphatic heterocycles. The van der Waals surface area contributed by atoms with E-state index in [0.29, 0.717) is 19.4 Å². The number of piperidine rings is 1. The molecule has 0 spiro atoms. The van der Waals surface area contributed by atoms with Gasteiger partial charge < -0.3 is 10.0 Å². The number of carbonyl (C=O) groups is 2. The first-order valence-corrected chi connectivity index (χ1v) is 7.93. The van der Waals surface area contributed by atoms with E-state index in [1.807, 2.05) is 19.1 Å². The fraction of sp³-hybridized carbons (Fsp3) is 0.538. The molecule has 0 saturated carbocycles. The lowest BCUT2D eigenvalue weighted by Crippen LogP contribution is -2.45. The van der Waals surface area contributed by atoms with E-state index in [0.717, 1.165) is 15.1 Å². The third-order valence-electron chi connectivity index (χ3n) is 3.37. The smallest absolute Gasteiger partial charge is 0.308 e. The topological polar surface area (TPSA) is 57.6 Å². The monoisotopic (exact) mass is 345 g/mol. The summed E-state index contributed by atoms with van der Waals surface area (Å²) in [6.07, 6.45) is 1.59. The maximum absolute atomic E-state index is 12.1. The molecule has 0 bridgehead atoms. The lowest BCUT2D eigenvalue weighted by atomic mass is 9.87. The predicted octanol–water partition coefficient (Wildman–Crippen LogP) is 3.28. The van der Waals surface area contributed by atoms with Crippen LogP contribution in [-0.2, 0) is 9.59 Å². The van der Waals surface area contributed by atoms with Gasteiger partial charge in [-0.25, -0.2) is 0 Å². The molecule has 1 aromatic rings. The molecule has 19 heavy (non-hydrogen) atoms. The minimum Gasteiger partial charge on any atom is -0.481 e. The van der Waals surface area contributed by atoms with Crippen molar-refractivity contribution in [1.82, 2.24) is 4.90 Å². The van der Waals surface area contributed by atoms with Crippen LogP contribution in [0.15, 0.2) is 15.9 Å². The highest BCUT2D eigenvalue weighted by atomic mass is 79.9. The van der Waals surface area contributed by atoms with E-state index in [1.165, 1.54) is 11.3 Å². The van der Waals surface area contributed by atoms with E-state index in [-0.39, 0.29) is 11.9 Å². The molecule has 2 heterocycles. The van der Waals surface area contributed by atoms with Gasteiger partial charge in [0.2, 0.25) is 5.91 Å². The van der Waals surface area contributed by atoms with Crippen molar-refractivity contribution in [1.29, 1.82) is 0 Å². The molecule has 1 amide bonds. The highest BCUT2D eigenvalue weighted by molar-refractivity contribution is 9.11. The highest BCUT2D eigenvalue weighted by Crippen LogP contribution is 2.40. The number of thiophene rings is 1. The summed E-state index contributed by atoms with van der Waals surface area (Å²) in [7, 11) is 0. The Bertz CT molecular complexity index is 488. The predicted molar refractivity (Wildman–Crippen MR) is 77.1 cm³/mol. The molecule has 1 saturated heterocycles. The summed E-state index contributed by atoms with van der Waals surface area (Å²) in [5.41, 5.74) is 0. The summed E-state index contributed by atoms with van der Waals surface area (Å²) < 4.78 is 0.959. The van der Waals surface area contributed by atoms with Gasteiger partial charge in [-0.15, -0.1) is 11.3 Å². The van der Waals surface area contributed by atoms with Crippen LogP contribution in [0.3, 0.4) is 0 Å². The third-order valence-corrected chi connectivity index (χ3v) is 5.07. The highest BCUT2D eigenvalue weighted by Gasteiger charge is 2.40. The van der Waals surface area contributed by atoms with Gasteiger partial charge in [0.25, 0.3) is 0 Å². The number of hydrogen-bond donors (Lipinski definition) is 1. The third kappa shape index (κ3) is 3.00. The fourth-order valence-electron chi connectivity index (χ4n) is 2.56. The zero-order valence-electron chi connectivity index (χ0n) is 10.6. The average molecular weight is 346 g/mol. The van der Waals surface area contributed by atoms with E-state index >= 15 is 0 Å². The molecule has 1 fully saturated rings. The Morgan fingerprint density at radius 2 is 2.32 bits per heavy atom. The lowest BCUT2D eigenvalue weighted by molar-refractivity contribution is -0.152. The number of halogens is 1. The summed E-state index contributed by atoms with van der Waals surface area (Å²) in [4.78, 5) is 26.2. The molecule has 1 aliphatic rings. The number of carboxylic acids is 1. The lowest BCUT2D eigenvalue weighted by Gasteiger charge is -2.38. The van der Waals surface area contributed by atoms with Crippen LogP contribution in [0.5, 0.6) is 0 Å². The van der Waals surface area contributed by atoms with E-state index in [1.54, 1.807) is 4.90 Å². The minimum absolute atomic E-state index is 0.0638. The van der Waals surface area contributed by atoms with Crippen molar-refractivity contribution in [2.75, 3.05) is 6.54 Å². The number of nitrogens with zero attached hydrogens (tertiary/aromatic N) is 1. The van der Waals surface area contributed by atoms with Crippen LogP contribution >= 0.6 is 27.3 Å². The van der Waals surface area contributed by atoms with Crippen molar-refractivity contribution >= 4 is 39.1 Å². The van der Waals surface area contributed by atoms with Crippen molar-refractivity contribution in [2.24, 2.45) is 5.92 Å². The average Bonchev–Trinajstić information content (AvgIpc) is 2.78. The van der Waals surface area contributed by atoms with Gasteiger partial charge in [0, 0.05) is 17.8 Å². The number of carbonyl (C=O) groups excluding carboxylic acids is 1. The van der Waals surface area contributed by atoms with Gasteiger partial charge in [-0.1, -0.05) is 6.92 Å². The maximum Gasteiger partial charge on any atom is 0.308 e. The Labute approximate surface area is 124 Å². The maximum atomic E-state index is 12.1. The molecular weight excluding hydrogens is 330 g/mol. The van der Waals surface area contributed by atoms with Crippen LogP contribution in [0, 0.1) is 5.92 Å². The number of amides is 1. The number of likely N-dealkylation sites (tertiary alicyclic amines) is 1. The molecule has 6 heteroatoms. The molecular formula is C13H16BrNO3S. The molecule has 2 unspecified atom stereocenters. The van der Waals surface area contributed by atoms with Gasteiger partial charge in [-0.2, -0.15) is 0 Å². The normalized spacial score (nSPS) is 23.7. The number of carboxylic acid groups (broad SMARTS) is 1. The van der Waals surface area contributed by atoms with E-state index in [9.17, 15) is 14.7 Å². The number of hydrogen-bond acceptors (Lipinski definition) is 3. The molecule has 0 aliphatic carbocycles. The Kier molecular flexibility index (Phi) is 4.62. The largest absolute Gasteiger partial charge is 0.481 e. The van der Waals surface area contributed by atoms with Gasteiger partial charge >= 0.3 is 5.97 Å². The van der Waals surface area contributed by atoms with Gasteiger partial charge in [-0.05, 0) is 40.9 Å². The number of rotatable bonds is 4. The zero-order chi connectivity index (χ0) is 14.0. The van der Waals surface area contributed by atoms with Crippen LogP contribution in [-0.4, -0.2) is 28.4 Å². The van der Waals surface area contributed by atoms with Crippen LogP contribution in [0.25, 0.3) is 0 Å². The van der Waals surface area contributed by atoms with Crippen LogP contribution in [0.1, 0.15) is 37.1 Å². The second-order valence-corrected chi connectivity index (χ2v) is 7.15. The summed E-state index contributed by atoms with van der Waals surface area (Å²) in [5, 5.41) is 9.40. The first-order valence-electron chi connectivity index (χ1n) is 6.32. The second-order valence-electron chi connectivity index (χ2n) is 4.66. The Morgan fingerprint density at radius 3 is 2.84 bits per heavy atom. The Hall–Kier alpha value is -0.880. The van der Waals surface area contributed by atoms with Gasteiger partial charge in [0.05, 0.1) is 15.7 Å². The van der Waals surface area contributed by atoms with Gasteiger partial charge in [0.15, 0.2) is 0 Å². The number of aliphatic carboxylic acids is 1. The molecule has 0 radical (unpaired) electrons. The quantitative estimate of drug-likeness (QED) is 0.910. The fourth-order valence-corrected chi connectivity index (χ4v) is 4.16. The molecule has 4 nitrogen and oxygen atoms in total. The summed E-state index contributed by atoms with van der Waals surface area (Å²) in [6, 6.07) is 3.49. The molecule has 2 rings (SSSR count). The summed E-state index contributed by atoms with van der Waals surface area (Å²) in [5.74, 6) is -1.26. The molecule has 1 N–H and O–H groups in total. The van der Waals surface area contributed by atoms with Gasteiger partial charge in [-0.3, -0.25) is 9.59 Å². The molecule has 0 aromatic carbocycles. The van der Waals surface area contributed by atoms with Crippen molar-refractivity contribution in [2.45, 2.75) is 32.2 Å². The summed E-state index contributed by atoms with van der Waals surface area (Å²) in [6.45, 7) is 2.61. The van der Waals surface area contributed by atoms with E-state index < -0.39 is 11.9 Å². The van der Waals surface area contributed by atoms with Crippen LogP contribution < -0.4 is 0 Å². The molecule has 104 valence electrons.